The number of nitrogens with one attached hydrogen (secondary N) is 1. The van der Waals surface area contributed by atoms with Crippen LogP contribution in [0.4, 0.5) is 18.0 Å². The molecule has 0 aromatic rings. The van der Waals surface area contributed by atoms with Crippen molar-refractivity contribution >= 4 is 6.09 Å². The first-order valence-electron chi connectivity index (χ1n) is 4.46. The Labute approximate surface area is 91.3 Å². The molecule has 0 radical (unpaired) electrons. The van der Waals surface area contributed by atoms with E-state index in [0.717, 1.165) is 6.92 Å². The summed E-state index contributed by atoms with van der Waals surface area (Å²) >= 11 is 0. The zero-order valence-corrected chi connectivity index (χ0v) is 9.31. The van der Waals surface area contributed by atoms with Gasteiger partial charge in [-0.15, -0.1) is 0 Å². The van der Waals surface area contributed by atoms with Gasteiger partial charge >= 0.3 is 12.3 Å². The van der Waals surface area contributed by atoms with E-state index < -0.39 is 30.1 Å². The molecule has 1 unspecified atom stereocenters. The van der Waals surface area contributed by atoms with Gasteiger partial charge in [-0.3, -0.25) is 5.73 Å². The number of rotatable bonds is 3. The number of nitrogens with two attached hydrogens (primary N) is 2. The van der Waals surface area contributed by atoms with E-state index in [2.05, 4.69) is 4.74 Å². The van der Waals surface area contributed by atoms with Crippen molar-refractivity contribution in [3.63, 3.8) is 0 Å². The van der Waals surface area contributed by atoms with Crippen molar-refractivity contribution in [2.75, 3.05) is 6.54 Å². The van der Waals surface area contributed by atoms with E-state index in [4.69, 9.17) is 11.5 Å². The van der Waals surface area contributed by atoms with E-state index in [0.29, 0.717) is 0 Å². The van der Waals surface area contributed by atoms with Gasteiger partial charge in [0.1, 0.15) is 5.54 Å². The smallest absolute Gasteiger partial charge is 0.408 e. The summed E-state index contributed by atoms with van der Waals surface area (Å²) in [6.07, 6.45) is -5.66. The van der Waals surface area contributed by atoms with Crippen LogP contribution in [0.3, 0.4) is 0 Å². The standard InChI is InChI=1S/C8H16F3N3O2/c1-6(2,12)16-5(15)14-4-7(3,13)8(9,10)11/h4,12-13H2,1-3H3,(H,14,15). The minimum atomic E-state index is -4.61. The molecule has 0 fully saturated rings. The lowest BCUT2D eigenvalue weighted by molar-refractivity contribution is -0.178. The normalized spacial score (nSPS) is 16.5. The highest BCUT2D eigenvalue weighted by atomic mass is 19.4. The summed E-state index contributed by atoms with van der Waals surface area (Å²) in [7, 11) is 0. The van der Waals surface area contributed by atoms with E-state index in [1.165, 1.54) is 13.8 Å². The molecular weight excluding hydrogens is 227 g/mol. The van der Waals surface area contributed by atoms with Crippen LogP contribution in [-0.4, -0.2) is 30.1 Å². The summed E-state index contributed by atoms with van der Waals surface area (Å²) in [5.74, 6) is 0. The van der Waals surface area contributed by atoms with Crippen LogP contribution >= 0.6 is 0 Å². The first-order chi connectivity index (χ1) is 6.85. The Balaban J connectivity index is 4.22. The first kappa shape index (κ1) is 15.0. The van der Waals surface area contributed by atoms with Gasteiger partial charge in [0.25, 0.3) is 0 Å². The average Bonchev–Trinajstić information content (AvgIpc) is 1.95. The van der Waals surface area contributed by atoms with E-state index in [1.807, 2.05) is 5.32 Å². The van der Waals surface area contributed by atoms with Crippen molar-refractivity contribution in [3.8, 4) is 0 Å². The number of hydrogen-bond acceptors (Lipinski definition) is 4. The molecule has 0 heterocycles. The third-order valence-electron chi connectivity index (χ3n) is 1.60. The van der Waals surface area contributed by atoms with Crippen LogP contribution < -0.4 is 16.8 Å². The SMILES string of the molecule is CC(C)(N)OC(=O)NCC(C)(N)C(F)(F)F. The third-order valence-corrected chi connectivity index (χ3v) is 1.60. The van der Waals surface area contributed by atoms with Crippen molar-refractivity contribution in [1.29, 1.82) is 0 Å². The molecule has 16 heavy (non-hydrogen) atoms. The fourth-order valence-corrected chi connectivity index (χ4v) is 0.631. The summed E-state index contributed by atoms with van der Waals surface area (Å²) in [6.45, 7) is 2.75. The van der Waals surface area contributed by atoms with Gasteiger partial charge in [-0.1, -0.05) is 0 Å². The number of hydrogen-bond donors (Lipinski definition) is 3. The summed E-state index contributed by atoms with van der Waals surface area (Å²) in [5, 5.41) is 1.90. The molecule has 5 nitrogen and oxygen atoms in total. The predicted octanol–water partition coefficient (Wildman–Crippen LogP) is 0.687. The number of ether oxygens (including phenoxy) is 1. The van der Waals surface area contributed by atoms with Gasteiger partial charge in [0.05, 0.1) is 0 Å². The van der Waals surface area contributed by atoms with Crippen LogP contribution in [0.2, 0.25) is 0 Å². The first-order valence-corrected chi connectivity index (χ1v) is 4.46. The van der Waals surface area contributed by atoms with E-state index in [9.17, 15) is 18.0 Å². The highest BCUT2D eigenvalue weighted by Gasteiger charge is 2.48. The number of alkyl halides is 3. The summed E-state index contributed by atoms with van der Waals surface area (Å²) in [4.78, 5) is 11.0. The largest absolute Gasteiger partial charge is 0.429 e. The Bertz CT molecular complexity index is 258. The second kappa shape index (κ2) is 4.46. The number of halogens is 3. The lowest BCUT2D eigenvalue weighted by Crippen LogP contribution is -2.58. The topological polar surface area (TPSA) is 90.4 Å². The predicted molar refractivity (Wildman–Crippen MR) is 51.4 cm³/mol. The van der Waals surface area contributed by atoms with Crippen LogP contribution in [0, 0.1) is 0 Å². The highest BCUT2D eigenvalue weighted by molar-refractivity contribution is 5.67. The molecular formula is C8H16F3N3O2. The van der Waals surface area contributed by atoms with Crippen LogP contribution in [0.5, 0.6) is 0 Å². The number of amides is 1. The fourth-order valence-electron chi connectivity index (χ4n) is 0.631. The van der Waals surface area contributed by atoms with Gasteiger partial charge in [0.2, 0.25) is 0 Å². The van der Waals surface area contributed by atoms with E-state index >= 15 is 0 Å². The molecule has 96 valence electrons. The van der Waals surface area contributed by atoms with Crippen molar-refractivity contribution in [3.05, 3.63) is 0 Å². The fraction of sp³-hybridized carbons (Fsp3) is 0.875. The van der Waals surface area contributed by atoms with Gasteiger partial charge < -0.3 is 15.8 Å². The molecule has 0 saturated heterocycles. The molecule has 1 amide bonds. The third kappa shape index (κ3) is 5.17. The molecule has 0 rings (SSSR count). The molecule has 0 aromatic heterocycles. The van der Waals surface area contributed by atoms with Crippen molar-refractivity contribution in [2.45, 2.75) is 38.2 Å². The molecule has 5 N–H and O–H groups in total. The summed E-state index contributed by atoms with van der Waals surface area (Å²) in [6, 6.07) is 0. The second-order valence-electron chi connectivity index (χ2n) is 4.26. The maximum atomic E-state index is 12.3. The Morgan fingerprint density at radius 2 is 1.69 bits per heavy atom. The number of carbonyl (C=O) groups is 1. The molecule has 0 aliphatic carbocycles. The molecule has 8 heteroatoms. The van der Waals surface area contributed by atoms with Crippen molar-refractivity contribution in [1.82, 2.24) is 5.32 Å². The molecule has 0 bridgehead atoms. The molecule has 0 saturated carbocycles. The van der Waals surface area contributed by atoms with Crippen molar-refractivity contribution in [2.24, 2.45) is 11.5 Å². The molecule has 0 aliphatic rings. The molecule has 0 spiro atoms. The average molecular weight is 243 g/mol. The van der Waals surface area contributed by atoms with Gasteiger partial charge in [-0.05, 0) is 20.8 Å². The minimum Gasteiger partial charge on any atom is -0.429 e. The number of carbonyl (C=O) groups excluding carboxylic acids is 1. The second-order valence-corrected chi connectivity index (χ2v) is 4.26. The van der Waals surface area contributed by atoms with E-state index in [-0.39, 0.29) is 0 Å². The molecule has 0 aliphatic heterocycles. The minimum absolute atomic E-state index is 0.765. The zero-order chi connectivity index (χ0) is 13.2. The Kier molecular flexibility index (Phi) is 4.18. The van der Waals surface area contributed by atoms with Crippen LogP contribution in [-0.2, 0) is 4.74 Å². The van der Waals surface area contributed by atoms with Crippen LogP contribution in [0.15, 0.2) is 0 Å². The maximum Gasteiger partial charge on any atom is 0.408 e. The molecule has 1 atom stereocenters. The van der Waals surface area contributed by atoms with Gasteiger partial charge in [-0.2, -0.15) is 13.2 Å². The lowest BCUT2D eigenvalue weighted by Gasteiger charge is -2.28. The van der Waals surface area contributed by atoms with E-state index in [1.54, 1.807) is 0 Å². The molecule has 0 aromatic carbocycles. The Morgan fingerprint density at radius 3 is 2.00 bits per heavy atom. The van der Waals surface area contributed by atoms with Crippen molar-refractivity contribution < 1.29 is 22.7 Å². The Morgan fingerprint density at radius 1 is 1.25 bits per heavy atom. The summed E-state index contributed by atoms with van der Waals surface area (Å²) < 4.78 is 41.4. The quantitative estimate of drug-likeness (QED) is 0.636. The monoisotopic (exact) mass is 243 g/mol. The van der Waals surface area contributed by atoms with Gasteiger partial charge in [0, 0.05) is 6.54 Å². The summed E-state index contributed by atoms with van der Waals surface area (Å²) in [5.41, 5.74) is 6.54. The van der Waals surface area contributed by atoms with Gasteiger partial charge in [0.15, 0.2) is 5.72 Å². The van der Waals surface area contributed by atoms with Crippen LogP contribution in [0.25, 0.3) is 0 Å². The zero-order valence-electron chi connectivity index (χ0n) is 9.31. The van der Waals surface area contributed by atoms with Gasteiger partial charge in [-0.25, -0.2) is 4.79 Å². The Hall–Kier alpha value is -1.02. The maximum absolute atomic E-state index is 12.3. The van der Waals surface area contributed by atoms with Crippen LogP contribution in [0.1, 0.15) is 20.8 Å². The number of alkyl carbamates (subject to hydrolysis) is 1. The lowest BCUT2D eigenvalue weighted by atomic mass is 10.0. The highest BCUT2D eigenvalue weighted by Crippen LogP contribution is 2.27.